The topological polar surface area (TPSA) is 12.9 Å². The van der Waals surface area contributed by atoms with Crippen LogP contribution in [-0.4, -0.2) is 4.98 Å². The molecule has 1 aromatic heterocycles. The van der Waals surface area contributed by atoms with Gasteiger partial charge >= 0.3 is 0 Å². The van der Waals surface area contributed by atoms with E-state index in [2.05, 4.69) is 30.1 Å². The van der Waals surface area contributed by atoms with E-state index >= 15 is 0 Å². The molecule has 1 heteroatoms. The highest BCUT2D eigenvalue weighted by molar-refractivity contribution is 5.74. The van der Waals surface area contributed by atoms with Gasteiger partial charge in [0.15, 0.2) is 0 Å². The minimum atomic E-state index is 0.686. The fourth-order valence-corrected chi connectivity index (χ4v) is 1.49. The fraction of sp³-hybridized carbons (Fsp3) is 0.250. The second kappa shape index (κ2) is 3.56. The molecule has 1 aliphatic rings. The Morgan fingerprint density at radius 1 is 1.31 bits per heavy atom. The third-order valence-electron chi connectivity index (χ3n) is 2.33. The first-order chi connectivity index (χ1) is 6.36. The molecule has 0 spiro atoms. The lowest BCUT2D eigenvalue weighted by molar-refractivity contribution is 0.739. The predicted molar refractivity (Wildman–Crippen MR) is 55.1 cm³/mol. The third-order valence-corrected chi connectivity index (χ3v) is 2.33. The van der Waals surface area contributed by atoms with Crippen LogP contribution >= 0.6 is 0 Å². The van der Waals surface area contributed by atoms with E-state index in [0.717, 1.165) is 6.42 Å². The van der Waals surface area contributed by atoms with Crippen molar-refractivity contribution in [3.05, 3.63) is 48.3 Å². The average molecular weight is 171 g/mol. The van der Waals surface area contributed by atoms with Crippen molar-refractivity contribution in [2.45, 2.75) is 13.3 Å². The Morgan fingerprint density at radius 3 is 2.69 bits per heavy atom. The van der Waals surface area contributed by atoms with Crippen LogP contribution in [0.5, 0.6) is 0 Å². The second-order valence-corrected chi connectivity index (χ2v) is 3.47. The molecule has 1 aliphatic carbocycles. The summed E-state index contributed by atoms with van der Waals surface area (Å²) in [4.78, 5) is 4.00. The molecule has 0 saturated heterocycles. The molecule has 1 atom stereocenters. The van der Waals surface area contributed by atoms with Gasteiger partial charge in [-0.05, 0) is 35.6 Å². The van der Waals surface area contributed by atoms with Crippen molar-refractivity contribution in [1.82, 2.24) is 4.98 Å². The molecule has 13 heavy (non-hydrogen) atoms. The van der Waals surface area contributed by atoms with Gasteiger partial charge in [-0.3, -0.25) is 4.98 Å². The van der Waals surface area contributed by atoms with E-state index in [1.165, 1.54) is 11.1 Å². The number of aromatic nitrogens is 1. The summed E-state index contributed by atoms with van der Waals surface area (Å²) in [5.74, 6) is 0.686. The maximum atomic E-state index is 4.00. The lowest BCUT2D eigenvalue weighted by Gasteiger charge is -2.11. The zero-order valence-corrected chi connectivity index (χ0v) is 7.77. The summed E-state index contributed by atoms with van der Waals surface area (Å²) in [5, 5.41) is 0. The van der Waals surface area contributed by atoms with Crippen molar-refractivity contribution < 1.29 is 0 Å². The molecule has 0 saturated carbocycles. The van der Waals surface area contributed by atoms with Crippen molar-refractivity contribution in [1.29, 1.82) is 0 Å². The summed E-state index contributed by atoms with van der Waals surface area (Å²) in [6, 6.07) is 4.10. The van der Waals surface area contributed by atoms with E-state index in [1.54, 1.807) is 0 Å². The predicted octanol–water partition coefficient (Wildman–Crippen LogP) is 3.06. The van der Waals surface area contributed by atoms with Gasteiger partial charge in [-0.2, -0.15) is 0 Å². The minimum Gasteiger partial charge on any atom is -0.265 e. The van der Waals surface area contributed by atoms with Gasteiger partial charge in [0.05, 0.1) is 0 Å². The molecule has 0 amide bonds. The van der Waals surface area contributed by atoms with Crippen LogP contribution < -0.4 is 0 Å². The molecule has 66 valence electrons. The van der Waals surface area contributed by atoms with Crippen LogP contribution in [0.4, 0.5) is 0 Å². The molecular formula is C12H13N. The van der Waals surface area contributed by atoms with Crippen LogP contribution in [0.1, 0.15) is 18.9 Å². The zero-order chi connectivity index (χ0) is 9.10. The zero-order valence-electron chi connectivity index (χ0n) is 7.77. The summed E-state index contributed by atoms with van der Waals surface area (Å²) < 4.78 is 0. The van der Waals surface area contributed by atoms with E-state index in [9.17, 15) is 0 Å². The third kappa shape index (κ3) is 1.86. The molecule has 1 heterocycles. The van der Waals surface area contributed by atoms with Gasteiger partial charge in [0, 0.05) is 12.4 Å². The van der Waals surface area contributed by atoms with Gasteiger partial charge in [-0.1, -0.05) is 25.2 Å². The summed E-state index contributed by atoms with van der Waals surface area (Å²) >= 11 is 0. The van der Waals surface area contributed by atoms with Crippen LogP contribution in [0.2, 0.25) is 0 Å². The Labute approximate surface area is 78.8 Å². The Hall–Kier alpha value is -1.37. The Balaban J connectivity index is 2.25. The van der Waals surface area contributed by atoms with E-state index in [-0.39, 0.29) is 0 Å². The van der Waals surface area contributed by atoms with E-state index in [4.69, 9.17) is 0 Å². The number of pyridine rings is 1. The summed E-state index contributed by atoms with van der Waals surface area (Å²) in [5.41, 5.74) is 2.58. The average Bonchev–Trinajstić information content (AvgIpc) is 2.20. The van der Waals surface area contributed by atoms with Crippen LogP contribution in [0.15, 0.2) is 42.8 Å². The van der Waals surface area contributed by atoms with Crippen LogP contribution in [-0.2, 0) is 0 Å². The number of nitrogens with zero attached hydrogens (tertiary/aromatic N) is 1. The van der Waals surface area contributed by atoms with Gasteiger partial charge in [-0.25, -0.2) is 0 Å². The number of hydrogen-bond donors (Lipinski definition) is 0. The molecule has 0 aliphatic heterocycles. The van der Waals surface area contributed by atoms with Gasteiger partial charge in [0.2, 0.25) is 0 Å². The molecule has 1 nitrogen and oxygen atoms in total. The Morgan fingerprint density at radius 2 is 2.08 bits per heavy atom. The van der Waals surface area contributed by atoms with Crippen molar-refractivity contribution in [3.8, 4) is 0 Å². The normalized spacial score (nSPS) is 21.3. The minimum absolute atomic E-state index is 0.686. The maximum Gasteiger partial charge on any atom is 0.0273 e. The first-order valence-electron chi connectivity index (χ1n) is 4.65. The van der Waals surface area contributed by atoms with Gasteiger partial charge in [0.25, 0.3) is 0 Å². The SMILES string of the molecule is C[C@@H]1C=CC(c2ccncc2)=CC1. The summed E-state index contributed by atoms with van der Waals surface area (Å²) in [7, 11) is 0. The molecule has 0 N–H and O–H groups in total. The smallest absolute Gasteiger partial charge is 0.0273 e. The monoisotopic (exact) mass is 171 g/mol. The molecule has 0 bridgehead atoms. The van der Waals surface area contributed by atoms with Crippen molar-refractivity contribution in [2.24, 2.45) is 5.92 Å². The highest BCUT2D eigenvalue weighted by Crippen LogP contribution is 2.22. The van der Waals surface area contributed by atoms with E-state index in [0.29, 0.717) is 5.92 Å². The van der Waals surface area contributed by atoms with Crippen molar-refractivity contribution in [3.63, 3.8) is 0 Å². The summed E-state index contributed by atoms with van der Waals surface area (Å²) in [6.07, 6.45) is 11.6. The van der Waals surface area contributed by atoms with Crippen LogP contribution in [0.3, 0.4) is 0 Å². The molecular weight excluding hydrogens is 158 g/mol. The molecule has 0 unspecified atom stereocenters. The summed E-state index contributed by atoms with van der Waals surface area (Å²) in [6.45, 7) is 2.23. The van der Waals surface area contributed by atoms with Crippen molar-refractivity contribution >= 4 is 5.57 Å². The fourth-order valence-electron chi connectivity index (χ4n) is 1.49. The molecule has 0 fully saturated rings. The molecule has 0 aromatic carbocycles. The quantitative estimate of drug-likeness (QED) is 0.632. The Bertz CT molecular complexity index is 335. The molecule has 1 aromatic rings. The van der Waals surface area contributed by atoms with Crippen molar-refractivity contribution in [2.75, 3.05) is 0 Å². The van der Waals surface area contributed by atoms with Crippen LogP contribution in [0.25, 0.3) is 5.57 Å². The highest BCUT2D eigenvalue weighted by Gasteiger charge is 2.04. The maximum absolute atomic E-state index is 4.00. The Kier molecular flexibility index (Phi) is 2.26. The van der Waals surface area contributed by atoms with Gasteiger partial charge < -0.3 is 0 Å². The molecule has 0 radical (unpaired) electrons. The second-order valence-electron chi connectivity index (χ2n) is 3.47. The molecule has 2 rings (SSSR count). The van der Waals surface area contributed by atoms with E-state index in [1.807, 2.05) is 24.5 Å². The van der Waals surface area contributed by atoms with E-state index < -0.39 is 0 Å². The highest BCUT2D eigenvalue weighted by atomic mass is 14.6. The largest absolute Gasteiger partial charge is 0.265 e. The first-order valence-corrected chi connectivity index (χ1v) is 4.65. The van der Waals surface area contributed by atoms with Gasteiger partial charge in [0.1, 0.15) is 0 Å². The number of hydrogen-bond acceptors (Lipinski definition) is 1. The standard InChI is InChI=1S/C12H13N/c1-10-2-4-11(5-3-10)12-6-8-13-9-7-12/h2,4-10H,3H2,1H3/t10-/m1/s1. The number of allylic oxidation sites excluding steroid dienone is 4. The lowest BCUT2D eigenvalue weighted by Crippen LogP contribution is -1.93. The number of rotatable bonds is 1. The lowest BCUT2D eigenvalue weighted by atomic mass is 9.95. The first kappa shape index (κ1) is 8.24. The van der Waals surface area contributed by atoms with Gasteiger partial charge in [-0.15, -0.1) is 0 Å². The van der Waals surface area contributed by atoms with Crippen LogP contribution in [0, 0.1) is 5.92 Å².